The van der Waals surface area contributed by atoms with E-state index in [0.29, 0.717) is 0 Å². The summed E-state index contributed by atoms with van der Waals surface area (Å²) < 4.78 is 10.6. The minimum atomic E-state index is -1.49. The van der Waals surface area contributed by atoms with Gasteiger partial charge in [-0.05, 0) is 0 Å². The van der Waals surface area contributed by atoms with Crippen molar-refractivity contribution < 1.29 is 4.39 Å². The molecule has 0 amide bonds. The lowest BCUT2D eigenvalue weighted by atomic mass is 10.9. The van der Waals surface area contributed by atoms with Crippen LogP contribution >= 0.6 is 39.1 Å². The highest BCUT2D eigenvalue weighted by molar-refractivity contribution is 9.10. The Labute approximate surface area is 53.7 Å². The van der Waals surface area contributed by atoms with Crippen molar-refractivity contribution in [2.75, 3.05) is 0 Å². The van der Waals surface area contributed by atoms with Crippen LogP contribution in [0.3, 0.4) is 0 Å². The molecule has 0 nitrogen and oxygen atoms in total. The van der Waals surface area contributed by atoms with Crippen LogP contribution in [0.1, 0.15) is 0 Å². The molecule has 0 aliphatic carbocycles. The summed E-state index contributed by atoms with van der Waals surface area (Å²) in [5.74, 6) is 0. The van der Waals surface area contributed by atoms with Crippen molar-refractivity contribution in [2.24, 2.45) is 0 Å². The van der Waals surface area contributed by atoms with Gasteiger partial charge in [-0.1, -0.05) is 27.5 Å². The van der Waals surface area contributed by atoms with Crippen molar-refractivity contribution in [3.05, 3.63) is 0 Å². The maximum atomic E-state index is 11.4. The van der Waals surface area contributed by atoms with E-state index in [1.165, 1.54) is 0 Å². The summed E-state index contributed by atoms with van der Waals surface area (Å²) in [7, 11) is 0. The zero-order valence-electron chi connectivity index (χ0n) is 2.67. The minimum absolute atomic E-state index is 0.765. The van der Waals surface area contributed by atoms with E-state index in [1.54, 1.807) is 0 Å². The summed E-state index contributed by atoms with van der Waals surface area (Å²) in [6.07, 6.45) is 0. The molecule has 0 aliphatic rings. The van der Waals surface area contributed by atoms with E-state index in [9.17, 15) is 4.39 Å². The molecule has 0 spiro atoms. The summed E-state index contributed by atoms with van der Waals surface area (Å²) in [4.78, 5) is 0. The summed E-state index contributed by atoms with van der Waals surface area (Å²) >= 11 is 12.5. The van der Waals surface area contributed by atoms with E-state index in [-0.39, 0.29) is 0 Å². The van der Waals surface area contributed by atoms with Crippen LogP contribution in [0.25, 0.3) is 0 Å². The lowest BCUT2D eigenvalue weighted by molar-refractivity contribution is 0.470. The summed E-state index contributed by atoms with van der Waals surface area (Å²) in [6, 6.07) is 0. The Kier molecular flexibility index (Phi) is 3.56. The summed E-state index contributed by atoms with van der Waals surface area (Å²) in [6.45, 7) is 0. The fourth-order valence-corrected chi connectivity index (χ4v) is 0. The highest BCUT2D eigenvalue weighted by Gasteiger charge is 2.08. The first-order valence-corrected chi connectivity index (χ1v) is 2.99. The molecule has 0 aromatic carbocycles. The quantitative estimate of drug-likeness (QED) is 0.565. The third-order valence-electron chi connectivity index (χ3n) is 0.190. The van der Waals surface area contributed by atoms with Crippen LogP contribution in [0, 0.1) is 0 Å². The molecular formula is C2H2BrCl2F. The SMILES string of the molecule is F[C@@H](Cl)[C@@H](Cl)Br. The second-order valence-electron chi connectivity index (χ2n) is 0.669. The predicted molar refractivity (Wildman–Crippen MR) is 29.3 cm³/mol. The van der Waals surface area contributed by atoms with Gasteiger partial charge >= 0.3 is 0 Å². The van der Waals surface area contributed by atoms with E-state index in [1.807, 2.05) is 0 Å². The van der Waals surface area contributed by atoms with Gasteiger partial charge < -0.3 is 0 Å². The summed E-state index contributed by atoms with van der Waals surface area (Å²) in [5.41, 5.74) is -1.49. The third-order valence-corrected chi connectivity index (χ3v) is 1.56. The van der Waals surface area contributed by atoms with Crippen molar-refractivity contribution >= 4 is 39.1 Å². The molecule has 0 saturated carbocycles. The molecular weight excluding hydrogens is 194 g/mol. The standard InChI is InChI=1S/C2H2BrCl2F/c3-1(4)2(5)6/h1-2H/t1-,2-/m1/s1. The molecule has 0 heterocycles. The number of halogens is 4. The van der Waals surface area contributed by atoms with Crippen molar-refractivity contribution in [2.45, 2.75) is 9.92 Å². The van der Waals surface area contributed by atoms with Crippen molar-refractivity contribution in [1.29, 1.82) is 0 Å². The van der Waals surface area contributed by atoms with Crippen LogP contribution in [0.2, 0.25) is 0 Å². The fourth-order valence-electron chi connectivity index (χ4n) is 0. The lowest BCUT2D eigenvalue weighted by Gasteiger charge is -1.94. The van der Waals surface area contributed by atoms with Crippen molar-refractivity contribution in [1.82, 2.24) is 0 Å². The topological polar surface area (TPSA) is 0 Å². The van der Waals surface area contributed by atoms with Gasteiger partial charge in [0.1, 0.15) is 4.29 Å². The molecule has 0 bridgehead atoms. The summed E-state index contributed by atoms with van der Waals surface area (Å²) in [5, 5.41) is 0. The second kappa shape index (κ2) is 3.05. The highest BCUT2D eigenvalue weighted by atomic mass is 79.9. The molecule has 6 heavy (non-hydrogen) atoms. The smallest absolute Gasteiger partial charge is 0.199 e. The number of hydrogen-bond donors (Lipinski definition) is 0. The van der Waals surface area contributed by atoms with E-state index in [2.05, 4.69) is 15.9 Å². The predicted octanol–water partition coefficient (Wildman–Crippen LogP) is 2.48. The molecule has 0 rings (SSSR count). The van der Waals surface area contributed by atoms with Gasteiger partial charge in [-0.3, -0.25) is 0 Å². The maximum absolute atomic E-state index is 11.4. The normalized spacial score (nSPS) is 20.0. The molecule has 0 unspecified atom stereocenters. The highest BCUT2D eigenvalue weighted by Crippen LogP contribution is 2.16. The molecule has 4 heteroatoms. The van der Waals surface area contributed by atoms with Crippen LogP contribution in [0.4, 0.5) is 4.39 Å². The largest absolute Gasteiger partial charge is 0.227 e. The van der Waals surface area contributed by atoms with Crippen LogP contribution in [0.5, 0.6) is 0 Å². The third kappa shape index (κ3) is 3.19. The van der Waals surface area contributed by atoms with Gasteiger partial charge in [0, 0.05) is 0 Å². The lowest BCUT2D eigenvalue weighted by Crippen LogP contribution is -1.97. The van der Waals surface area contributed by atoms with Gasteiger partial charge in [0.2, 0.25) is 0 Å². The van der Waals surface area contributed by atoms with Crippen LogP contribution in [-0.2, 0) is 0 Å². The zero-order valence-corrected chi connectivity index (χ0v) is 5.76. The van der Waals surface area contributed by atoms with Crippen molar-refractivity contribution in [3.63, 3.8) is 0 Å². The van der Waals surface area contributed by atoms with E-state index < -0.39 is 9.92 Å². The second-order valence-corrected chi connectivity index (χ2v) is 3.07. The molecule has 0 N–H and O–H groups in total. The van der Waals surface area contributed by atoms with Gasteiger partial charge in [-0.2, -0.15) is 0 Å². The zero-order chi connectivity index (χ0) is 5.15. The molecule has 38 valence electrons. The Balaban J connectivity index is 2.99. The van der Waals surface area contributed by atoms with Crippen LogP contribution in [-0.4, -0.2) is 9.92 Å². The van der Waals surface area contributed by atoms with Crippen LogP contribution < -0.4 is 0 Å². The number of rotatable bonds is 1. The first-order chi connectivity index (χ1) is 2.64. The Hall–Kier alpha value is 0.990. The Morgan fingerprint density at radius 1 is 1.50 bits per heavy atom. The molecule has 2 atom stereocenters. The monoisotopic (exact) mass is 194 g/mol. The molecule has 0 fully saturated rings. The average molecular weight is 196 g/mol. The average Bonchev–Trinajstić information content (AvgIpc) is 1.36. The minimum Gasteiger partial charge on any atom is -0.227 e. The van der Waals surface area contributed by atoms with E-state index in [0.717, 1.165) is 0 Å². The van der Waals surface area contributed by atoms with E-state index >= 15 is 0 Å². The maximum Gasteiger partial charge on any atom is 0.199 e. The first-order valence-electron chi connectivity index (χ1n) is 1.21. The van der Waals surface area contributed by atoms with Crippen LogP contribution in [0.15, 0.2) is 0 Å². The van der Waals surface area contributed by atoms with Gasteiger partial charge in [0.25, 0.3) is 0 Å². The molecule has 0 saturated heterocycles. The molecule has 0 aromatic rings. The molecule has 0 aliphatic heterocycles. The van der Waals surface area contributed by atoms with Gasteiger partial charge in [0.15, 0.2) is 5.63 Å². The molecule has 0 radical (unpaired) electrons. The van der Waals surface area contributed by atoms with Crippen molar-refractivity contribution in [3.8, 4) is 0 Å². The van der Waals surface area contributed by atoms with Gasteiger partial charge in [-0.25, -0.2) is 4.39 Å². The first kappa shape index (κ1) is 6.99. The Morgan fingerprint density at radius 2 is 1.67 bits per heavy atom. The Morgan fingerprint density at radius 3 is 1.67 bits per heavy atom. The van der Waals surface area contributed by atoms with E-state index in [4.69, 9.17) is 23.2 Å². The Bertz CT molecular complexity index is 32.5. The number of alkyl halides is 4. The molecule has 0 aromatic heterocycles. The number of hydrogen-bond acceptors (Lipinski definition) is 0. The van der Waals surface area contributed by atoms with Gasteiger partial charge in [0.05, 0.1) is 0 Å². The fraction of sp³-hybridized carbons (Fsp3) is 1.00. The van der Waals surface area contributed by atoms with Gasteiger partial charge in [-0.15, -0.1) is 11.6 Å².